The average molecular weight is 337 g/mol. The van der Waals surface area contributed by atoms with E-state index in [1.54, 1.807) is 13.1 Å². The molecule has 1 atom stereocenters. The lowest BCUT2D eigenvalue weighted by molar-refractivity contribution is 0.0550. The lowest BCUT2D eigenvalue weighted by Gasteiger charge is -2.26. The molecule has 6 nitrogen and oxygen atoms in total. The van der Waals surface area contributed by atoms with Crippen LogP contribution in [-0.4, -0.2) is 40.8 Å². The molecular weight excluding hydrogens is 320 g/mol. The molecule has 1 aliphatic rings. The van der Waals surface area contributed by atoms with Gasteiger partial charge in [0.05, 0.1) is 6.04 Å². The summed E-state index contributed by atoms with van der Waals surface area (Å²) in [7, 11) is 1.60. The van der Waals surface area contributed by atoms with Crippen LogP contribution < -0.4 is 9.47 Å². The molecular formula is C16H17F2N3O3. The maximum Gasteiger partial charge on any atom is 0.333 e. The zero-order valence-corrected chi connectivity index (χ0v) is 13.3. The fraction of sp³-hybridized carbons (Fsp3) is 0.375. The van der Waals surface area contributed by atoms with Gasteiger partial charge in [-0.3, -0.25) is 4.79 Å². The van der Waals surface area contributed by atoms with Crippen molar-refractivity contribution in [1.82, 2.24) is 14.7 Å². The van der Waals surface area contributed by atoms with Gasteiger partial charge in [0.2, 0.25) is 0 Å². The highest BCUT2D eigenvalue weighted by molar-refractivity contribution is 5.92. The van der Waals surface area contributed by atoms with E-state index in [-0.39, 0.29) is 11.7 Å². The molecule has 0 N–H and O–H groups in total. The first-order valence-corrected chi connectivity index (χ1v) is 7.47. The van der Waals surface area contributed by atoms with Crippen molar-refractivity contribution >= 4 is 5.91 Å². The van der Waals surface area contributed by atoms with E-state index in [0.717, 1.165) is 11.8 Å². The van der Waals surface area contributed by atoms with Crippen LogP contribution in [0.15, 0.2) is 30.5 Å². The standard InChI is InChI=1S/C16H17F2N3O3/c1-10(11-3-4-13-14(9-11)24-8-7-23-13)20(2)15(22)12-5-6-21(19-12)16(17)18/h3-6,9-10,16H,7-8H2,1-2H3. The summed E-state index contributed by atoms with van der Waals surface area (Å²) in [6.07, 6.45) is 1.08. The highest BCUT2D eigenvalue weighted by Gasteiger charge is 2.23. The minimum absolute atomic E-state index is 0.0257. The summed E-state index contributed by atoms with van der Waals surface area (Å²) < 4.78 is 36.6. The number of alkyl halides is 2. The largest absolute Gasteiger partial charge is 0.486 e. The van der Waals surface area contributed by atoms with Crippen LogP contribution in [-0.2, 0) is 0 Å². The molecule has 0 bridgehead atoms. The summed E-state index contributed by atoms with van der Waals surface area (Å²) in [5.41, 5.74) is 0.825. The third-order valence-electron chi connectivity index (χ3n) is 3.98. The van der Waals surface area contributed by atoms with E-state index in [2.05, 4.69) is 5.10 Å². The first kappa shape index (κ1) is 16.2. The number of ether oxygens (including phenoxy) is 2. The van der Waals surface area contributed by atoms with Crippen LogP contribution in [0.1, 0.15) is 35.6 Å². The number of hydrogen-bond donors (Lipinski definition) is 0. The zero-order valence-electron chi connectivity index (χ0n) is 13.3. The third kappa shape index (κ3) is 3.04. The Balaban J connectivity index is 1.78. The molecule has 8 heteroatoms. The van der Waals surface area contributed by atoms with Crippen LogP contribution in [0.25, 0.3) is 0 Å². The van der Waals surface area contributed by atoms with Gasteiger partial charge in [0.25, 0.3) is 5.91 Å². The van der Waals surface area contributed by atoms with Crippen molar-refractivity contribution < 1.29 is 23.0 Å². The second-order valence-electron chi connectivity index (χ2n) is 5.45. The molecule has 1 amide bonds. The minimum Gasteiger partial charge on any atom is -0.486 e. The Morgan fingerprint density at radius 3 is 2.62 bits per heavy atom. The van der Waals surface area contributed by atoms with Gasteiger partial charge in [0, 0.05) is 13.2 Å². The van der Waals surface area contributed by atoms with Crippen molar-refractivity contribution in [2.75, 3.05) is 20.3 Å². The number of fused-ring (bicyclic) bond motifs is 1. The van der Waals surface area contributed by atoms with Crippen molar-refractivity contribution in [2.24, 2.45) is 0 Å². The lowest BCUT2D eigenvalue weighted by Crippen LogP contribution is -2.30. The maximum absolute atomic E-state index is 12.6. The summed E-state index contributed by atoms with van der Waals surface area (Å²) in [4.78, 5) is 13.9. The minimum atomic E-state index is -2.77. The van der Waals surface area contributed by atoms with Gasteiger partial charge in [-0.05, 0) is 30.7 Å². The summed E-state index contributed by atoms with van der Waals surface area (Å²) in [5.74, 6) is 0.868. The van der Waals surface area contributed by atoms with Crippen molar-refractivity contribution in [2.45, 2.75) is 19.5 Å². The van der Waals surface area contributed by atoms with E-state index < -0.39 is 12.5 Å². The molecule has 1 aliphatic heterocycles. The second-order valence-corrected chi connectivity index (χ2v) is 5.45. The van der Waals surface area contributed by atoms with E-state index in [1.165, 1.54) is 11.0 Å². The fourth-order valence-corrected chi connectivity index (χ4v) is 2.46. The summed E-state index contributed by atoms with van der Waals surface area (Å²) in [6, 6.07) is 6.46. The van der Waals surface area contributed by atoms with Crippen LogP contribution >= 0.6 is 0 Å². The molecule has 0 saturated heterocycles. The number of amides is 1. The first-order chi connectivity index (χ1) is 11.5. The van der Waals surface area contributed by atoms with E-state index in [1.807, 2.05) is 19.1 Å². The molecule has 2 heterocycles. The van der Waals surface area contributed by atoms with Crippen LogP contribution in [0.3, 0.4) is 0 Å². The fourth-order valence-electron chi connectivity index (χ4n) is 2.46. The number of aromatic nitrogens is 2. The van der Waals surface area contributed by atoms with Crippen molar-refractivity contribution in [3.8, 4) is 11.5 Å². The van der Waals surface area contributed by atoms with Crippen molar-refractivity contribution in [1.29, 1.82) is 0 Å². The van der Waals surface area contributed by atoms with Crippen molar-refractivity contribution in [3.63, 3.8) is 0 Å². The Morgan fingerprint density at radius 2 is 1.96 bits per heavy atom. The van der Waals surface area contributed by atoms with Gasteiger partial charge in [0.15, 0.2) is 17.2 Å². The van der Waals surface area contributed by atoms with Gasteiger partial charge >= 0.3 is 6.55 Å². The molecule has 1 aromatic heterocycles. The van der Waals surface area contributed by atoms with Gasteiger partial charge < -0.3 is 14.4 Å². The predicted molar refractivity (Wildman–Crippen MR) is 81.4 cm³/mol. The molecule has 0 saturated carbocycles. The van der Waals surface area contributed by atoms with E-state index >= 15 is 0 Å². The number of benzene rings is 1. The van der Waals surface area contributed by atoms with Crippen LogP contribution in [0.5, 0.6) is 11.5 Å². The van der Waals surface area contributed by atoms with Gasteiger partial charge in [-0.15, -0.1) is 0 Å². The predicted octanol–water partition coefficient (Wildman–Crippen LogP) is 2.88. The monoisotopic (exact) mass is 337 g/mol. The molecule has 0 spiro atoms. The number of hydrogen-bond acceptors (Lipinski definition) is 4. The molecule has 1 aromatic carbocycles. The van der Waals surface area contributed by atoms with Gasteiger partial charge in [0.1, 0.15) is 13.2 Å². The van der Waals surface area contributed by atoms with Crippen LogP contribution in [0.4, 0.5) is 8.78 Å². The number of halogens is 2. The van der Waals surface area contributed by atoms with Crippen LogP contribution in [0.2, 0.25) is 0 Å². The number of carbonyl (C=O) groups is 1. The highest BCUT2D eigenvalue weighted by Crippen LogP contribution is 2.34. The molecule has 24 heavy (non-hydrogen) atoms. The Labute approximate surface area is 137 Å². The van der Waals surface area contributed by atoms with Gasteiger partial charge in [-0.25, -0.2) is 4.68 Å². The van der Waals surface area contributed by atoms with Gasteiger partial charge in [-0.1, -0.05) is 6.07 Å². The van der Waals surface area contributed by atoms with E-state index in [4.69, 9.17) is 9.47 Å². The Morgan fingerprint density at radius 1 is 1.25 bits per heavy atom. The summed E-state index contributed by atoms with van der Waals surface area (Å²) >= 11 is 0. The summed E-state index contributed by atoms with van der Waals surface area (Å²) in [5, 5.41) is 3.61. The lowest BCUT2D eigenvalue weighted by atomic mass is 10.1. The first-order valence-electron chi connectivity index (χ1n) is 7.47. The number of rotatable bonds is 4. The van der Waals surface area contributed by atoms with E-state index in [0.29, 0.717) is 29.4 Å². The Hall–Kier alpha value is -2.64. The maximum atomic E-state index is 12.6. The van der Waals surface area contributed by atoms with Crippen molar-refractivity contribution in [3.05, 3.63) is 41.7 Å². The molecule has 0 radical (unpaired) electrons. The molecule has 0 aliphatic carbocycles. The molecule has 2 aromatic rings. The molecule has 128 valence electrons. The Bertz CT molecular complexity index is 748. The Kier molecular flexibility index (Phi) is 4.37. The smallest absolute Gasteiger partial charge is 0.333 e. The number of carbonyl (C=O) groups excluding carboxylic acids is 1. The highest BCUT2D eigenvalue weighted by atomic mass is 19.3. The second kappa shape index (κ2) is 6.46. The van der Waals surface area contributed by atoms with E-state index in [9.17, 15) is 13.6 Å². The third-order valence-corrected chi connectivity index (χ3v) is 3.98. The van der Waals surface area contributed by atoms with Gasteiger partial charge in [-0.2, -0.15) is 13.9 Å². The summed E-state index contributed by atoms with van der Waals surface area (Å²) in [6.45, 7) is 0.0533. The number of nitrogens with zero attached hydrogens (tertiary/aromatic N) is 3. The molecule has 1 unspecified atom stereocenters. The average Bonchev–Trinajstić information content (AvgIpc) is 3.09. The topological polar surface area (TPSA) is 56.6 Å². The normalized spacial score (nSPS) is 14.5. The molecule has 0 fully saturated rings. The SMILES string of the molecule is CC(c1ccc2c(c1)OCCO2)N(C)C(=O)c1ccn(C(F)F)n1. The molecule has 3 rings (SSSR count). The quantitative estimate of drug-likeness (QED) is 0.861. The van der Waals surface area contributed by atoms with Crippen LogP contribution in [0, 0.1) is 0 Å². The zero-order chi connectivity index (χ0) is 17.3.